The molecular weight excluding hydrogens is 430 g/mol. The average molecular weight is 454 g/mol. The number of aromatic nitrogens is 2. The molecule has 0 fully saturated rings. The first-order chi connectivity index (χ1) is 15.3. The van der Waals surface area contributed by atoms with Gasteiger partial charge in [0.25, 0.3) is 5.91 Å². The number of carbonyl (C=O) groups is 1. The fourth-order valence-corrected chi connectivity index (χ4v) is 5.01. The van der Waals surface area contributed by atoms with E-state index in [0.29, 0.717) is 47.5 Å². The van der Waals surface area contributed by atoms with Gasteiger partial charge in [0.1, 0.15) is 23.9 Å². The maximum atomic E-state index is 13.3. The minimum absolute atomic E-state index is 0.232. The molecule has 1 aromatic carbocycles. The summed E-state index contributed by atoms with van der Waals surface area (Å²) in [5.74, 6) is 0.824. The minimum Gasteiger partial charge on any atom is -0.491 e. The molecular formula is C22H23N5O4S. The Hall–Kier alpha value is -3.24. The topological polar surface area (TPSA) is 120 Å². The number of nitrogens with zero attached hydrogens (tertiary/aromatic N) is 4. The van der Waals surface area contributed by atoms with Crippen molar-refractivity contribution in [1.29, 1.82) is 0 Å². The average Bonchev–Trinajstić information content (AvgIpc) is 3.45. The van der Waals surface area contributed by atoms with Gasteiger partial charge in [0.2, 0.25) is 0 Å². The quantitative estimate of drug-likeness (QED) is 0.647. The summed E-state index contributed by atoms with van der Waals surface area (Å²) in [5.41, 5.74) is 9.66. The lowest BCUT2D eigenvalue weighted by Gasteiger charge is -2.23. The van der Waals surface area contributed by atoms with Crippen LogP contribution >= 0.6 is 0 Å². The van der Waals surface area contributed by atoms with E-state index < -0.39 is 9.73 Å². The zero-order valence-electron chi connectivity index (χ0n) is 18.0. The summed E-state index contributed by atoms with van der Waals surface area (Å²) >= 11 is 0. The first-order valence-corrected chi connectivity index (χ1v) is 12.0. The van der Waals surface area contributed by atoms with Crippen LogP contribution in [0.5, 0.6) is 5.75 Å². The molecule has 0 bridgehead atoms. The largest absolute Gasteiger partial charge is 0.491 e. The Labute approximate surface area is 185 Å². The van der Waals surface area contributed by atoms with E-state index >= 15 is 0 Å². The SMILES string of the molecule is CN=[S@](C)(=O)c1ccc2c(c1)OC[C@H]2N(C)C(=O)c1cc2c3c(c(N)nc2cn1)COC3. The molecule has 10 heteroatoms. The van der Waals surface area contributed by atoms with Gasteiger partial charge in [-0.05, 0) is 23.8 Å². The maximum absolute atomic E-state index is 13.3. The summed E-state index contributed by atoms with van der Waals surface area (Å²) in [7, 11) is 0.795. The second-order valence-corrected chi connectivity index (χ2v) is 10.4. The molecule has 2 aliphatic rings. The Morgan fingerprint density at radius 3 is 2.84 bits per heavy atom. The van der Waals surface area contributed by atoms with Crippen molar-refractivity contribution in [3.8, 4) is 5.75 Å². The molecule has 166 valence electrons. The van der Waals surface area contributed by atoms with Gasteiger partial charge in [-0.3, -0.25) is 4.79 Å². The summed E-state index contributed by atoms with van der Waals surface area (Å²) < 4.78 is 27.9. The third-order valence-electron chi connectivity index (χ3n) is 6.15. The number of anilines is 1. The van der Waals surface area contributed by atoms with Crippen LogP contribution in [0.1, 0.15) is 33.2 Å². The second kappa shape index (κ2) is 7.42. The van der Waals surface area contributed by atoms with Crippen LogP contribution in [0.15, 0.2) is 39.7 Å². The van der Waals surface area contributed by atoms with E-state index in [2.05, 4.69) is 14.3 Å². The van der Waals surface area contributed by atoms with E-state index in [1.165, 1.54) is 7.05 Å². The van der Waals surface area contributed by atoms with Crippen LogP contribution in [0.2, 0.25) is 0 Å². The number of amides is 1. The highest BCUT2D eigenvalue weighted by atomic mass is 32.2. The number of nitrogens with two attached hydrogens (primary N) is 1. The molecule has 2 N–H and O–H groups in total. The molecule has 0 radical (unpaired) electrons. The lowest BCUT2D eigenvalue weighted by Crippen LogP contribution is -2.32. The van der Waals surface area contributed by atoms with Gasteiger partial charge in [-0.25, -0.2) is 18.5 Å². The number of benzene rings is 1. The summed E-state index contributed by atoms with van der Waals surface area (Å²) in [5, 5.41) is 0.826. The molecule has 0 aliphatic carbocycles. The smallest absolute Gasteiger partial charge is 0.272 e. The van der Waals surface area contributed by atoms with Gasteiger partial charge in [0, 0.05) is 36.9 Å². The van der Waals surface area contributed by atoms with Gasteiger partial charge in [-0.1, -0.05) is 6.07 Å². The third-order valence-corrected chi connectivity index (χ3v) is 7.97. The van der Waals surface area contributed by atoms with Crippen molar-refractivity contribution in [2.45, 2.75) is 24.2 Å². The molecule has 0 saturated carbocycles. The molecule has 9 nitrogen and oxygen atoms in total. The lowest BCUT2D eigenvalue weighted by molar-refractivity contribution is 0.0703. The van der Waals surface area contributed by atoms with Crippen LogP contribution in [0.25, 0.3) is 10.9 Å². The zero-order valence-corrected chi connectivity index (χ0v) is 18.8. The standard InChI is InChI=1S/C22H23N5O4S/c1-24-32(3,29)12-4-5-13-19(11-31-20(13)6-12)27(2)22(28)17-7-14-15-9-30-10-16(15)21(23)26-18(14)8-25-17/h4-8,19H,9-11H2,1-3H3,(H2,23,26)/t19-,32-/m1/s1. The van der Waals surface area contributed by atoms with E-state index in [4.69, 9.17) is 15.2 Å². The van der Waals surface area contributed by atoms with Crippen LogP contribution in [-0.2, 0) is 27.7 Å². The van der Waals surface area contributed by atoms with Crippen molar-refractivity contribution in [2.75, 3.05) is 32.7 Å². The van der Waals surface area contributed by atoms with Crippen LogP contribution in [0.3, 0.4) is 0 Å². The van der Waals surface area contributed by atoms with Crippen molar-refractivity contribution < 1.29 is 18.5 Å². The first kappa shape index (κ1) is 20.7. The van der Waals surface area contributed by atoms with Crippen molar-refractivity contribution in [3.05, 3.63) is 52.8 Å². The number of hydrogen-bond donors (Lipinski definition) is 1. The summed E-state index contributed by atoms with van der Waals surface area (Å²) in [4.78, 5) is 24.3. The molecule has 2 aromatic heterocycles. The Morgan fingerprint density at radius 1 is 1.28 bits per heavy atom. The molecule has 2 aliphatic heterocycles. The summed E-state index contributed by atoms with van der Waals surface area (Å²) in [6.45, 7) is 1.16. The molecule has 0 saturated heterocycles. The van der Waals surface area contributed by atoms with Crippen LogP contribution in [0.4, 0.5) is 5.82 Å². The number of fused-ring (bicyclic) bond motifs is 4. The Kier molecular flexibility index (Phi) is 4.79. The van der Waals surface area contributed by atoms with E-state index in [0.717, 1.165) is 22.1 Å². The van der Waals surface area contributed by atoms with Gasteiger partial charge in [-0.15, -0.1) is 0 Å². The van der Waals surface area contributed by atoms with Crippen molar-refractivity contribution in [2.24, 2.45) is 4.36 Å². The van der Waals surface area contributed by atoms with Gasteiger partial charge in [0.05, 0.1) is 45.6 Å². The second-order valence-electron chi connectivity index (χ2n) is 7.96. The molecule has 1 amide bonds. The van der Waals surface area contributed by atoms with Crippen molar-refractivity contribution >= 4 is 32.4 Å². The predicted molar refractivity (Wildman–Crippen MR) is 120 cm³/mol. The molecule has 2 atom stereocenters. The van der Waals surface area contributed by atoms with Crippen LogP contribution < -0.4 is 10.5 Å². The van der Waals surface area contributed by atoms with E-state index in [9.17, 15) is 9.00 Å². The Bertz CT molecular complexity index is 1400. The Balaban J connectivity index is 1.47. The van der Waals surface area contributed by atoms with E-state index in [1.807, 2.05) is 6.07 Å². The molecule has 5 rings (SSSR count). The fraction of sp³-hybridized carbons (Fsp3) is 0.318. The number of likely N-dealkylation sites (N-methyl/N-ethyl adjacent to an activating group) is 1. The van der Waals surface area contributed by atoms with Gasteiger partial charge >= 0.3 is 0 Å². The highest BCUT2D eigenvalue weighted by Crippen LogP contribution is 2.38. The lowest BCUT2D eigenvalue weighted by atomic mass is 10.0. The van der Waals surface area contributed by atoms with Crippen molar-refractivity contribution in [1.82, 2.24) is 14.9 Å². The highest BCUT2D eigenvalue weighted by Gasteiger charge is 2.32. The maximum Gasteiger partial charge on any atom is 0.272 e. The normalized spacial score (nSPS) is 18.5. The number of pyridine rings is 2. The summed E-state index contributed by atoms with van der Waals surface area (Å²) in [6, 6.07) is 6.85. The van der Waals surface area contributed by atoms with Crippen LogP contribution in [0, 0.1) is 0 Å². The number of rotatable bonds is 3. The molecule has 4 heterocycles. The summed E-state index contributed by atoms with van der Waals surface area (Å²) in [6.07, 6.45) is 3.16. The minimum atomic E-state index is -2.47. The highest BCUT2D eigenvalue weighted by molar-refractivity contribution is 7.93. The number of ether oxygens (including phenoxy) is 2. The first-order valence-electron chi connectivity index (χ1n) is 10.1. The number of hydrogen-bond acceptors (Lipinski definition) is 8. The van der Waals surface area contributed by atoms with E-state index in [-0.39, 0.29) is 11.9 Å². The molecule has 3 aromatic rings. The zero-order chi connectivity index (χ0) is 22.6. The van der Waals surface area contributed by atoms with Gasteiger partial charge in [-0.2, -0.15) is 0 Å². The van der Waals surface area contributed by atoms with Gasteiger partial charge < -0.3 is 20.1 Å². The third kappa shape index (κ3) is 3.18. The van der Waals surface area contributed by atoms with Crippen molar-refractivity contribution in [3.63, 3.8) is 0 Å². The number of carbonyl (C=O) groups excluding carboxylic acids is 1. The molecule has 32 heavy (non-hydrogen) atoms. The van der Waals surface area contributed by atoms with Crippen LogP contribution in [-0.4, -0.2) is 51.9 Å². The molecule has 0 spiro atoms. The predicted octanol–water partition coefficient (Wildman–Crippen LogP) is 2.53. The Morgan fingerprint density at radius 2 is 2.06 bits per heavy atom. The van der Waals surface area contributed by atoms with E-state index in [1.54, 1.807) is 42.6 Å². The van der Waals surface area contributed by atoms with Gasteiger partial charge in [0.15, 0.2) is 0 Å². The fourth-order valence-electron chi connectivity index (χ4n) is 4.15. The number of nitrogen functional groups attached to an aromatic ring is 1. The monoisotopic (exact) mass is 453 g/mol. The molecule has 0 unspecified atom stereocenters.